The van der Waals surface area contributed by atoms with Gasteiger partial charge in [-0.15, -0.1) is 0 Å². The van der Waals surface area contributed by atoms with Gasteiger partial charge in [0.1, 0.15) is 0 Å². The number of ketones is 1. The largest absolute Gasteiger partial charge is 0.349 e. The molecule has 1 saturated carbocycles. The molecule has 18 heavy (non-hydrogen) atoms. The van der Waals surface area contributed by atoms with Crippen LogP contribution in [0.3, 0.4) is 0 Å². The third-order valence-corrected chi connectivity index (χ3v) is 4.07. The van der Waals surface area contributed by atoms with Crippen LogP contribution in [-0.4, -0.2) is 10.4 Å². The predicted molar refractivity (Wildman–Crippen MR) is 74.7 cm³/mol. The molecule has 0 amide bonds. The molecular formula is C15H14BrNO. The Hall–Kier alpha value is -1.35. The molecule has 2 aromatic rings. The van der Waals surface area contributed by atoms with Gasteiger partial charge in [-0.2, -0.15) is 0 Å². The van der Waals surface area contributed by atoms with Crippen molar-refractivity contribution in [2.75, 3.05) is 0 Å². The third kappa shape index (κ3) is 2.41. The minimum Gasteiger partial charge on any atom is -0.349 e. The Kier molecular flexibility index (Phi) is 3.08. The van der Waals surface area contributed by atoms with Crippen molar-refractivity contribution in [2.45, 2.75) is 19.4 Å². The van der Waals surface area contributed by atoms with Gasteiger partial charge >= 0.3 is 0 Å². The monoisotopic (exact) mass is 303 g/mol. The number of halogens is 1. The summed E-state index contributed by atoms with van der Waals surface area (Å²) in [6.07, 6.45) is 6.07. The van der Waals surface area contributed by atoms with Crippen LogP contribution in [0.4, 0.5) is 0 Å². The van der Waals surface area contributed by atoms with Gasteiger partial charge in [0.05, 0.1) is 0 Å². The predicted octanol–water partition coefficient (Wildman–Crippen LogP) is 3.89. The summed E-state index contributed by atoms with van der Waals surface area (Å²) in [4.78, 5) is 11.9. The van der Waals surface area contributed by atoms with Crippen LogP contribution in [0.25, 0.3) is 0 Å². The van der Waals surface area contributed by atoms with E-state index in [-0.39, 0.29) is 0 Å². The Morgan fingerprint density at radius 1 is 1.28 bits per heavy atom. The SMILES string of the molecule is O=C(c1ccn(Cc2ccccc2Br)c1)C1CC1. The highest BCUT2D eigenvalue weighted by Gasteiger charge is 2.30. The van der Waals surface area contributed by atoms with Crippen molar-refractivity contribution >= 4 is 21.7 Å². The van der Waals surface area contributed by atoms with E-state index < -0.39 is 0 Å². The number of carbonyl (C=O) groups is 1. The second-order valence-electron chi connectivity index (χ2n) is 4.80. The van der Waals surface area contributed by atoms with Gasteiger partial charge in [0.15, 0.2) is 5.78 Å². The zero-order valence-corrected chi connectivity index (χ0v) is 11.6. The normalized spacial score (nSPS) is 14.7. The highest BCUT2D eigenvalue weighted by atomic mass is 79.9. The summed E-state index contributed by atoms with van der Waals surface area (Å²) in [7, 11) is 0. The second kappa shape index (κ2) is 4.73. The molecule has 1 aromatic carbocycles. The number of hydrogen-bond acceptors (Lipinski definition) is 1. The summed E-state index contributed by atoms with van der Waals surface area (Å²) in [5, 5.41) is 0. The molecule has 0 N–H and O–H groups in total. The van der Waals surface area contributed by atoms with E-state index in [0.717, 1.165) is 29.4 Å². The van der Waals surface area contributed by atoms with Gasteiger partial charge < -0.3 is 4.57 Å². The lowest BCUT2D eigenvalue weighted by Gasteiger charge is -2.05. The number of rotatable bonds is 4. The van der Waals surface area contributed by atoms with E-state index >= 15 is 0 Å². The topological polar surface area (TPSA) is 22.0 Å². The molecule has 92 valence electrons. The van der Waals surface area contributed by atoms with Crippen molar-refractivity contribution in [1.82, 2.24) is 4.57 Å². The van der Waals surface area contributed by atoms with Crippen molar-refractivity contribution in [3.05, 3.63) is 58.3 Å². The summed E-state index contributed by atoms with van der Waals surface area (Å²) < 4.78 is 3.17. The van der Waals surface area contributed by atoms with Crippen LogP contribution in [0.5, 0.6) is 0 Å². The van der Waals surface area contributed by atoms with E-state index in [0.29, 0.717) is 11.7 Å². The molecule has 1 fully saturated rings. The number of benzene rings is 1. The summed E-state index contributed by atoms with van der Waals surface area (Å²) >= 11 is 3.54. The summed E-state index contributed by atoms with van der Waals surface area (Å²) in [6.45, 7) is 0.791. The molecule has 0 radical (unpaired) electrons. The van der Waals surface area contributed by atoms with E-state index in [1.165, 1.54) is 5.56 Å². The minimum absolute atomic E-state index is 0.296. The highest BCUT2D eigenvalue weighted by Crippen LogP contribution is 2.32. The summed E-state index contributed by atoms with van der Waals surface area (Å²) in [5.74, 6) is 0.602. The Balaban J connectivity index is 1.77. The van der Waals surface area contributed by atoms with E-state index in [9.17, 15) is 4.79 Å². The molecule has 1 heterocycles. The van der Waals surface area contributed by atoms with E-state index in [1.54, 1.807) is 0 Å². The number of hydrogen-bond donors (Lipinski definition) is 0. The molecule has 0 unspecified atom stereocenters. The van der Waals surface area contributed by atoms with Gasteiger partial charge in [-0.3, -0.25) is 4.79 Å². The molecular weight excluding hydrogens is 290 g/mol. The van der Waals surface area contributed by atoms with Gasteiger partial charge in [-0.1, -0.05) is 34.1 Å². The second-order valence-corrected chi connectivity index (χ2v) is 5.66. The van der Waals surface area contributed by atoms with Gasteiger partial charge in [-0.25, -0.2) is 0 Å². The molecule has 1 aliphatic carbocycles. The standard InChI is InChI=1S/C15H14BrNO/c16-14-4-2-1-3-12(14)9-17-8-7-13(10-17)15(18)11-5-6-11/h1-4,7-8,10-11H,5-6,9H2. The van der Waals surface area contributed by atoms with Gasteiger partial charge in [0.25, 0.3) is 0 Å². The molecule has 3 rings (SSSR count). The van der Waals surface area contributed by atoms with Gasteiger partial charge in [0.2, 0.25) is 0 Å². The lowest BCUT2D eigenvalue weighted by Crippen LogP contribution is -2.01. The quantitative estimate of drug-likeness (QED) is 0.785. The van der Waals surface area contributed by atoms with Gasteiger partial charge in [0, 0.05) is 34.9 Å². The molecule has 1 aliphatic rings. The van der Waals surface area contributed by atoms with E-state index in [1.807, 2.05) is 36.7 Å². The van der Waals surface area contributed by atoms with E-state index in [2.05, 4.69) is 26.6 Å². The fourth-order valence-corrected chi connectivity index (χ4v) is 2.50. The van der Waals surface area contributed by atoms with Crippen LogP contribution in [-0.2, 0) is 6.54 Å². The fourth-order valence-electron chi connectivity index (χ4n) is 2.09. The first-order valence-electron chi connectivity index (χ1n) is 6.17. The Labute approximate surface area is 115 Å². The molecule has 0 atom stereocenters. The van der Waals surface area contributed by atoms with Crippen LogP contribution in [0.1, 0.15) is 28.8 Å². The van der Waals surface area contributed by atoms with Crippen LogP contribution in [0.2, 0.25) is 0 Å². The van der Waals surface area contributed by atoms with Crippen molar-refractivity contribution in [3.8, 4) is 0 Å². The van der Waals surface area contributed by atoms with Crippen molar-refractivity contribution < 1.29 is 4.79 Å². The molecule has 0 bridgehead atoms. The minimum atomic E-state index is 0.296. The lowest BCUT2D eigenvalue weighted by atomic mass is 10.1. The van der Waals surface area contributed by atoms with Crippen molar-refractivity contribution in [2.24, 2.45) is 5.92 Å². The molecule has 1 aromatic heterocycles. The Morgan fingerprint density at radius 3 is 2.78 bits per heavy atom. The van der Waals surface area contributed by atoms with Crippen molar-refractivity contribution in [3.63, 3.8) is 0 Å². The van der Waals surface area contributed by atoms with Crippen LogP contribution < -0.4 is 0 Å². The van der Waals surface area contributed by atoms with Crippen molar-refractivity contribution in [1.29, 1.82) is 0 Å². The smallest absolute Gasteiger partial charge is 0.167 e. The first kappa shape index (κ1) is 11.7. The first-order valence-corrected chi connectivity index (χ1v) is 6.97. The Morgan fingerprint density at radius 2 is 2.06 bits per heavy atom. The highest BCUT2D eigenvalue weighted by molar-refractivity contribution is 9.10. The number of Topliss-reactive ketones (excluding diaryl/α,β-unsaturated/α-hetero) is 1. The number of carbonyl (C=O) groups excluding carboxylic acids is 1. The van der Waals surface area contributed by atoms with Crippen LogP contribution in [0, 0.1) is 5.92 Å². The summed E-state index contributed by atoms with van der Waals surface area (Å²) in [6, 6.07) is 10.1. The zero-order chi connectivity index (χ0) is 12.5. The summed E-state index contributed by atoms with van der Waals surface area (Å²) in [5.41, 5.74) is 2.07. The number of aromatic nitrogens is 1. The first-order chi connectivity index (χ1) is 8.74. The van der Waals surface area contributed by atoms with Crippen LogP contribution in [0.15, 0.2) is 47.2 Å². The molecule has 2 nitrogen and oxygen atoms in total. The average Bonchev–Trinajstić information content (AvgIpc) is 3.12. The molecule has 0 spiro atoms. The molecule has 0 saturated heterocycles. The zero-order valence-electron chi connectivity index (χ0n) is 9.97. The molecule has 0 aliphatic heterocycles. The average molecular weight is 304 g/mol. The van der Waals surface area contributed by atoms with E-state index in [4.69, 9.17) is 0 Å². The maximum Gasteiger partial charge on any atom is 0.167 e. The van der Waals surface area contributed by atoms with Gasteiger partial charge in [-0.05, 0) is 30.5 Å². The molecule has 3 heteroatoms. The number of nitrogens with zero attached hydrogens (tertiary/aromatic N) is 1. The lowest BCUT2D eigenvalue weighted by molar-refractivity contribution is 0.0967. The Bertz CT molecular complexity index is 584. The maximum atomic E-state index is 11.9. The maximum absolute atomic E-state index is 11.9. The van der Waals surface area contributed by atoms with Crippen LogP contribution >= 0.6 is 15.9 Å². The third-order valence-electron chi connectivity index (χ3n) is 3.29. The fraction of sp³-hybridized carbons (Fsp3) is 0.267.